The Kier molecular flexibility index (Phi) is 5.53. The number of carbonyl (C=O) groups is 1. The van der Waals surface area contributed by atoms with E-state index >= 15 is 0 Å². The summed E-state index contributed by atoms with van der Waals surface area (Å²) in [6.07, 6.45) is 0. The van der Waals surface area contributed by atoms with Crippen molar-refractivity contribution in [1.29, 1.82) is 0 Å². The van der Waals surface area contributed by atoms with Gasteiger partial charge < -0.3 is 14.5 Å². The molecule has 2 aromatic carbocycles. The standard InChI is InChI=1S/C21H22FN5O2/c1-26-11-12-27(19(28)14-29-17-5-3-2-4-6-17)18(13-26)21-23-20(24-25-21)15-7-9-16(22)10-8-15/h2-10,18H,11-14H2,1H3,(H,23,24,25). The van der Waals surface area contributed by atoms with Crippen molar-refractivity contribution in [1.82, 2.24) is 25.0 Å². The average Bonchev–Trinajstić information content (AvgIpc) is 3.23. The van der Waals surface area contributed by atoms with Gasteiger partial charge in [0, 0.05) is 25.2 Å². The maximum Gasteiger partial charge on any atom is 0.261 e. The molecule has 3 aromatic rings. The monoisotopic (exact) mass is 395 g/mol. The number of carbonyl (C=O) groups excluding carboxylic acids is 1. The average molecular weight is 395 g/mol. The first kappa shape index (κ1) is 19.1. The minimum absolute atomic E-state index is 0.0385. The second kappa shape index (κ2) is 8.40. The number of hydrogen-bond acceptors (Lipinski definition) is 5. The van der Waals surface area contributed by atoms with E-state index in [-0.39, 0.29) is 24.4 Å². The molecule has 1 N–H and O–H groups in total. The minimum Gasteiger partial charge on any atom is -0.484 e. The van der Waals surface area contributed by atoms with Crippen molar-refractivity contribution in [2.75, 3.05) is 33.3 Å². The van der Waals surface area contributed by atoms with E-state index in [1.54, 1.807) is 17.0 Å². The third-order valence-electron chi connectivity index (χ3n) is 4.93. The van der Waals surface area contributed by atoms with Crippen molar-refractivity contribution in [3.8, 4) is 17.1 Å². The smallest absolute Gasteiger partial charge is 0.261 e. The summed E-state index contributed by atoms with van der Waals surface area (Å²) >= 11 is 0. The highest BCUT2D eigenvalue weighted by Crippen LogP contribution is 2.25. The van der Waals surface area contributed by atoms with Crippen molar-refractivity contribution < 1.29 is 13.9 Å². The van der Waals surface area contributed by atoms with E-state index in [9.17, 15) is 9.18 Å². The molecule has 7 nitrogen and oxygen atoms in total. The zero-order valence-electron chi connectivity index (χ0n) is 16.1. The molecule has 1 aliphatic rings. The van der Waals surface area contributed by atoms with E-state index in [0.717, 1.165) is 6.54 Å². The van der Waals surface area contributed by atoms with Gasteiger partial charge in [0.25, 0.3) is 5.91 Å². The second-order valence-corrected chi connectivity index (χ2v) is 7.02. The Balaban J connectivity index is 1.50. The number of ether oxygens (including phenoxy) is 1. The molecule has 150 valence electrons. The number of hydrogen-bond donors (Lipinski definition) is 1. The first-order valence-electron chi connectivity index (χ1n) is 9.44. The summed E-state index contributed by atoms with van der Waals surface area (Å²) in [5.74, 6) is 1.31. The summed E-state index contributed by atoms with van der Waals surface area (Å²) in [5, 5.41) is 7.21. The molecule has 0 radical (unpaired) electrons. The molecule has 1 amide bonds. The summed E-state index contributed by atoms with van der Waals surface area (Å²) in [5.41, 5.74) is 0.711. The molecule has 1 aliphatic heterocycles. The van der Waals surface area contributed by atoms with Gasteiger partial charge in [0.15, 0.2) is 12.4 Å². The van der Waals surface area contributed by atoms with Crippen LogP contribution in [0.2, 0.25) is 0 Å². The number of nitrogens with zero attached hydrogens (tertiary/aromatic N) is 4. The Morgan fingerprint density at radius 1 is 1.17 bits per heavy atom. The molecule has 1 saturated heterocycles. The first-order chi connectivity index (χ1) is 14.1. The van der Waals surface area contributed by atoms with Crippen molar-refractivity contribution in [3.63, 3.8) is 0 Å². The summed E-state index contributed by atoms with van der Waals surface area (Å²) in [6, 6.07) is 15.0. The molecule has 1 atom stereocenters. The first-order valence-corrected chi connectivity index (χ1v) is 9.44. The van der Waals surface area contributed by atoms with Crippen LogP contribution in [0, 0.1) is 5.82 Å². The topological polar surface area (TPSA) is 74.3 Å². The number of para-hydroxylation sites is 1. The van der Waals surface area contributed by atoms with Gasteiger partial charge >= 0.3 is 0 Å². The summed E-state index contributed by atoms with van der Waals surface area (Å²) in [7, 11) is 2.01. The lowest BCUT2D eigenvalue weighted by Gasteiger charge is -2.38. The lowest BCUT2D eigenvalue weighted by atomic mass is 10.1. The number of aromatic nitrogens is 3. The van der Waals surface area contributed by atoms with Crippen LogP contribution in [0.15, 0.2) is 54.6 Å². The molecule has 0 bridgehead atoms. The van der Waals surface area contributed by atoms with Crippen LogP contribution in [0.5, 0.6) is 5.75 Å². The predicted octanol–water partition coefficient (Wildman–Crippen LogP) is 2.50. The van der Waals surface area contributed by atoms with Crippen LogP contribution in [0.25, 0.3) is 11.4 Å². The molecule has 2 heterocycles. The number of rotatable bonds is 5. The second-order valence-electron chi connectivity index (χ2n) is 7.02. The van der Waals surface area contributed by atoms with E-state index in [0.29, 0.717) is 36.1 Å². The molecule has 29 heavy (non-hydrogen) atoms. The van der Waals surface area contributed by atoms with Crippen LogP contribution in [0.3, 0.4) is 0 Å². The highest BCUT2D eigenvalue weighted by molar-refractivity contribution is 5.78. The fourth-order valence-corrected chi connectivity index (χ4v) is 3.35. The van der Waals surface area contributed by atoms with E-state index in [4.69, 9.17) is 4.74 Å². The molecule has 0 spiro atoms. The number of nitrogens with one attached hydrogen (secondary N) is 1. The van der Waals surface area contributed by atoms with Crippen molar-refractivity contribution in [2.45, 2.75) is 6.04 Å². The molecular weight excluding hydrogens is 373 g/mol. The van der Waals surface area contributed by atoms with Crippen LogP contribution >= 0.6 is 0 Å². The highest BCUT2D eigenvalue weighted by Gasteiger charge is 2.32. The van der Waals surface area contributed by atoms with Crippen LogP contribution in [0.1, 0.15) is 11.9 Å². The molecule has 1 unspecified atom stereocenters. The number of likely N-dealkylation sites (N-methyl/N-ethyl adjacent to an activating group) is 1. The van der Waals surface area contributed by atoms with E-state index in [1.807, 2.05) is 37.4 Å². The van der Waals surface area contributed by atoms with Crippen LogP contribution in [-0.2, 0) is 4.79 Å². The third-order valence-corrected chi connectivity index (χ3v) is 4.93. The number of piperazine rings is 1. The Labute approximate surface area is 168 Å². The van der Waals surface area contributed by atoms with Gasteiger partial charge in [-0.15, -0.1) is 0 Å². The summed E-state index contributed by atoms with van der Waals surface area (Å²) in [4.78, 5) is 21.3. The van der Waals surface area contributed by atoms with E-state index in [1.165, 1.54) is 12.1 Å². The molecule has 0 saturated carbocycles. The fourth-order valence-electron chi connectivity index (χ4n) is 3.35. The van der Waals surface area contributed by atoms with Gasteiger partial charge in [0.1, 0.15) is 23.4 Å². The molecular formula is C21H22FN5O2. The molecule has 8 heteroatoms. The Morgan fingerprint density at radius 3 is 2.69 bits per heavy atom. The van der Waals surface area contributed by atoms with Crippen LogP contribution < -0.4 is 4.74 Å². The van der Waals surface area contributed by atoms with Gasteiger partial charge in [-0.25, -0.2) is 9.37 Å². The molecule has 1 aromatic heterocycles. The van der Waals surface area contributed by atoms with Gasteiger partial charge in [-0.1, -0.05) is 18.2 Å². The predicted molar refractivity (Wildman–Crippen MR) is 106 cm³/mol. The Bertz CT molecular complexity index is 961. The van der Waals surface area contributed by atoms with Crippen LogP contribution in [0.4, 0.5) is 4.39 Å². The number of aromatic amines is 1. The SMILES string of the molecule is CN1CCN(C(=O)COc2ccccc2)C(c2nc(-c3ccc(F)cc3)n[nH]2)C1. The Hall–Kier alpha value is -3.26. The Morgan fingerprint density at radius 2 is 1.93 bits per heavy atom. The van der Waals surface area contributed by atoms with Gasteiger partial charge in [-0.3, -0.25) is 9.89 Å². The molecule has 4 rings (SSSR count). The summed E-state index contributed by atoms with van der Waals surface area (Å²) < 4.78 is 18.8. The number of H-pyrrole nitrogens is 1. The van der Waals surface area contributed by atoms with Gasteiger partial charge in [0.2, 0.25) is 0 Å². The largest absolute Gasteiger partial charge is 0.484 e. The van der Waals surface area contributed by atoms with Gasteiger partial charge in [0.05, 0.1) is 0 Å². The van der Waals surface area contributed by atoms with E-state index in [2.05, 4.69) is 20.1 Å². The fraction of sp³-hybridized carbons (Fsp3) is 0.286. The summed E-state index contributed by atoms with van der Waals surface area (Å²) in [6.45, 7) is 1.94. The number of halogens is 1. The van der Waals surface area contributed by atoms with Crippen molar-refractivity contribution in [3.05, 3.63) is 66.2 Å². The minimum atomic E-state index is -0.311. The zero-order chi connectivity index (χ0) is 20.2. The number of benzene rings is 2. The zero-order valence-corrected chi connectivity index (χ0v) is 16.1. The van der Waals surface area contributed by atoms with Crippen molar-refractivity contribution in [2.24, 2.45) is 0 Å². The molecule has 1 fully saturated rings. The maximum atomic E-state index is 13.2. The quantitative estimate of drug-likeness (QED) is 0.719. The lowest BCUT2D eigenvalue weighted by Crippen LogP contribution is -2.50. The maximum absolute atomic E-state index is 13.2. The van der Waals surface area contributed by atoms with E-state index < -0.39 is 0 Å². The van der Waals surface area contributed by atoms with Crippen molar-refractivity contribution >= 4 is 5.91 Å². The lowest BCUT2D eigenvalue weighted by molar-refractivity contribution is -0.138. The van der Waals surface area contributed by atoms with Crippen LogP contribution in [-0.4, -0.2) is 64.2 Å². The number of amides is 1. The van der Waals surface area contributed by atoms with Gasteiger partial charge in [-0.05, 0) is 43.4 Å². The third kappa shape index (κ3) is 4.43. The van der Waals surface area contributed by atoms with Gasteiger partial charge in [-0.2, -0.15) is 5.10 Å². The molecule has 0 aliphatic carbocycles. The normalized spacial score (nSPS) is 17.3. The highest BCUT2D eigenvalue weighted by atomic mass is 19.1.